The molecule has 1 heterocycles. The van der Waals surface area contributed by atoms with Crippen LogP contribution in [0.5, 0.6) is 5.75 Å². The van der Waals surface area contributed by atoms with Crippen LogP contribution in [0.15, 0.2) is 36.8 Å². The van der Waals surface area contributed by atoms with Crippen LogP contribution in [0.3, 0.4) is 0 Å². The number of aromatic nitrogens is 2. The average Bonchev–Trinajstić information content (AvgIpc) is 3.50. The molecule has 17 heteroatoms. The van der Waals surface area contributed by atoms with Crippen molar-refractivity contribution >= 4 is 35.6 Å². The molecule has 0 saturated heterocycles. The van der Waals surface area contributed by atoms with Crippen LogP contribution in [0.1, 0.15) is 44.9 Å². The number of aromatic amines is 1. The lowest BCUT2D eigenvalue weighted by atomic mass is 9.96. The van der Waals surface area contributed by atoms with Crippen molar-refractivity contribution in [1.29, 1.82) is 0 Å². The highest BCUT2D eigenvalue weighted by atomic mass is 16.4. The number of nitrogens with two attached hydrogens (primary N) is 1. The first-order chi connectivity index (χ1) is 21.6. The van der Waals surface area contributed by atoms with E-state index in [2.05, 4.69) is 31.2 Å². The largest absolute Gasteiger partial charge is 0.508 e. The van der Waals surface area contributed by atoms with Gasteiger partial charge in [-0.2, -0.15) is 0 Å². The number of hydrogen-bond acceptors (Lipinski definition) is 10. The second kappa shape index (κ2) is 17.5. The molecule has 46 heavy (non-hydrogen) atoms. The number of aliphatic hydroxyl groups is 1. The Morgan fingerprint density at radius 2 is 1.43 bits per heavy atom. The molecular formula is C29H41N7O10. The fourth-order valence-electron chi connectivity index (χ4n) is 4.32. The summed E-state index contributed by atoms with van der Waals surface area (Å²) in [6.45, 7) is 4.61. The van der Waals surface area contributed by atoms with Gasteiger partial charge in [0.15, 0.2) is 0 Å². The molecule has 1 aromatic heterocycles. The van der Waals surface area contributed by atoms with Gasteiger partial charge in [-0.3, -0.25) is 24.0 Å². The number of aliphatic hydroxyl groups excluding tert-OH is 1. The van der Waals surface area contributed by atoms with Crippen molar-refractivity contribution in [2.24, 2.45) is 11.7 Å². The highest BCUT2D eigenvalue weighted by Gasteiger charge is 2.35. The minimum atomic E-state index is -1.64. The zero-order valence-corrected chi connectivity index (χ0v) is 25.6. The van der Waals surface area contributed by atoms with Crippen molar-refractivity contribution < 1.29 is 49.2 Å². The lowest BCUT2D eigenvalue weighted by Gasteiger charge is -2.29. The van der Waals surface area contributed by atoms with Crippen molar-refractivity contribution in [3.8, 4) is 5.75 Å². The van der Waals surface area contributed by atoms with Crippen molar-refractivity contribution in [3.63, 3.8) is 0 Å². The molecule has 0 aliphatic heterocycles. The third kappa shape index (κ3) is 11.5. The number of rotatable bonds is 18. The predicted molar refractivity (Wildman–Crippen MR) is 161 cm³/mol. The first-order valence-electron chi connectivity index (χ1n) is 14.5. The summed E-state index contributed by atoms with van der Waals surface area (Å²) in [5, 5.41) is 48.3. The number of hydrogen-bond donors (Lipinski definition) is 10. The minimum absolute atomic E-state index is 0.0565. The first-order valence-corrected chi connectivity index (χ1v) is 14.5. The fourth-order valence-corrected chi connectivity index (χ4v) is 4.32. The van der Waals surface area contributed by atoms with E-state index in [1.807, 2.05) is 0 Å². The van der Waals surface area contributed by atoms with Crippen LogP contribution in [0.2, 0.25) is 0 Å². The number of carboxylic acids is 2. The zero-order chi connectivity index (χ0) is 34.6. The van der Waals surface area contributed by atoms with E-state index < -0.39 is 84.2 Å². The third-order valence-electron chi connectivity index (χ3n) is 7.19. The maximum absolute atomic E-state index is 13.4. The molecule has 0 fully saturated rings. The number of carboxylic acid groups (broad SMARTS) is 2. The van der Waals surface area contributed by atoms with E-state index in [0.717, 1.165) is 0 Å². The molecule has 0 aliphatic carbocycles. The molecule has 0 spiro atoms. The van der Waals surface area contributed by atoms with Gasteiger partial charge >= 0.3 is 11.9 Å². The molecule has 252 valence electrons. The molecule has 0 unspecified atom stereocenters. The van der Waals surface area contributed by atoms with Crippen LogP contribution in [0.4, 0.5) is 0 Å². The molecule has 1 aromatic carbocycles. The topological polar surface area (TPSA) is 286 Å². The molecule has 17 nitrogen and oxygen atoms in total. The Labute approximate surface area is 264 Å². The highest BCUT2D eigenvalue weighted by molar-refractivity contribution is 5.96. The molecule has 4 amide bonds. The van der Waals surface area contributed by atoms with Crippen molar-refractivity contribution in [2.75, 3.05) is 0 Å². The van der Waals surface area contributed by atoms with Gasteiger partial charge in [-0.15, -0.1) is 0 Å². The van der Waals surface area contributed by atoms with Gasteiger partial charge in [-0.1, -0.05) is 32.4 Å². The van der Waals surface area contributed by atoms with Gasteiger partial charge < -0.3 is 52.4 Å². The van der Waals surface area contributed by atoms with Crippen LogP contribution < -0.4 is 27.0 Å². The van der Waals surface area contributed by atoms with Gasteiger partial charge in [-0.25, -0.2) is 9.78 Å². The Balaban J connectivity index is 2.26. The molecule has 7 atom stereocenters. The summed E-state index contributed by atoms with van der Waals surface area (Å²) in [6.07, 6.45) is 0.643. The van der Waals surface area contributed by atoms with E-state index in [1.165, 1.54) is 43.7 Å². The molecule has 0 aliphatic rings. The average molecular weight is 648 g/mol. The molecule has 0 radical (unpaired) electrons. The summed E-state index contributed by atoms with van der Waals surface area (Å²) >= 11 is 0. The summed E-state index contributed by atoms with van der Waals surface area (Å²) in [6, 6.07) is -1.52. The summed E-state index contributed by atoms with van der Waals surface area (Å²) in [4.78, 5) is 82.1. The van der Waals surface area contributed by atoms with Crippen molar-refractivity contribution in [2.45, 2.75) is 82.8 Å². The number of phenolic OH excluding ortho intramolecular Hbond substituents is 1. The normalized spacial score (nSPS) is 15.6. The van der Waals surface area contributed by atoms with E-state index in [0.29, 0.717) is 17.7 Å². The molecule has 11 N–H and O–H groups in total. The van der Waals surface area contributed by atoms with E-state index in [9.17, 15) is 44.1 Å². The highest BCUT2D eigenvalue weighted by Crippen LogP contribution is 2.13. The molecule has 0 saturated carbocycles. The van der Waals surface area contributed by atoms with Crippen LogP contribution >= 0.6 is 0 Å². The lowest BCUT2D eigenvalue weighted by Crippen LogP contribution is -2.62. The van der Waals surface area contributed by atoms with Gasteiger partial charge in [0.2, 0.25) is 23.6 Å². The second-order valence-corrected chi connectivity index (χ2v) is 10.9. The maximum atomic E-state index is 13.4. The molecule has 0 bridgehead atoms. The van der Waals surface area contributed by atoms with Crippen LogP contribution in [-0.4, -0.2) is 102 Å². The number of nitrogens with zero attached hydrogens (tertiary/aromatic N) is 1. The molecule has 2 rings (SSSR count). The molecule has 2 aromatic rings. The monoisotopic (exact) mass is 647 g/mol. The SMILES string of the molecule is CC[C@H](C)[C@H](NC(=O)[C@@H](NC(=O)[C@H](Cc1ccc(O)cc1)NC(=O)[C@@H](N)CC(=O)O)[C@@H](C)O)C(=O)N[C@@H](Cc1cnc[nH]1)C(=O)O. The Bertz CT molecular complexity index is 1350. The van der Waals surface area contributed by atoms with Crippen LogP contribution in [0, 0.1) is 5.92 Å². The van der Waals surface area contributed by atoms with Gasteiger partial charge in [0, 0.05) is 24.7 Å². The number of aromatic hydroxyl groups is 1. The standard InChI is InChI=1S/C29H41N7O10/c1-4-14(2)23(27(43)34-21(29(45)46)10-17-12-31-13-32-17)35-28(44)24(15(3)37)36-26(42)20(9-16-5-7-18(38)8-6-16)33-25(41)19(30)11-22(39)40/h5-8,12-15,19-21,23-24,37-38H,4,9-11,30H2,1-3H3,(H,31,32)(H,33,41)(H,34,43)(H,35,44)(H,36,42)(H,39,40)(H,45,46)/t14-,15+,19-,20-,21-,23-,24-/m0/s1. The third-order valence-corrected chi connectivity index (χ3v) is 7.19. The number of aliphatic carboxylic acids is 2. The Kier molecular flexibility index (Phi) is 14.1. The second-order valence-electron chi connectivity index (χ2n) is 10.9. The number of amides is 4. The summed E-state index contributed by atoms with van der Waals surface area (Å²) in [5.41, 5.74) is 6.57. The molecular weight excluding hydrogens is 606 g/mol. The number of benzene rings is 1. The van der Waals surface area contributed by atoms with Crippen LogP contribution in [0.25, 0.3) is 0 Å². The smallest absolute Gasteiger partial charge is 0.326 e. The van der Waals surface area contributed by atoms with Crippen molar-refractivity contribution in [1.82, 2.24) is 31.2 Å². The van der Waals surface area contributed by atoms with Gasteiger partial charge in [0.25, 0.3) is 0 Å². The number of phenols is 1. The predicted octanol–water partition coefficient (Wildman–Crippen LogP) is -1.85. The number of imidazole rings is 1. The minimum Gasteiger partial charge on any atom is -0.508 e. The Hall–Kier alpha value is -5.03. The van der Waals surface area contributed by atoms with Crippen molar-refractivity contribution in [3.05, 3.63) is 48.0 Å². The Morgan fingerprint density at radius 1 is 0.848 bits per heavy atom. The van der Waals surface area contributed by atoms with Gasteiger partial charge in [-0.05, 0) is 30.5 Å². The van der Waals surface area contributed by atoms with Gasteiger partial charge in [0.05, 0.1) is 24.9 Å². The number of carbonyl (C=O) groups excluding carboxylic acids is 4. The van der Waals surface area contributed by atoms with E-state index in [1.54, 1.807) is 13.8 Å². The van der Waals surface area contributed by atoms with Crippen LogP contribution in [-0.2, 0) is 41.6 Å². The number of H-pyrrole nitrogens is 1. The van der Waals surface area contributed by atoms with E-state index in [4.69, 9.17) is 10.8 Å². The zero-order valence-electron chi connectivity index (χ0n) is 25.6. The summed E-state index contributed by atoms with van der Waals surface area (Å²) < 4.78 is 0. The fraction of sp³-hybridized carbons (Fsp3) is 0.483. The number of nitrogens with one attached hydrogen (secondary N) is 5. The Morgan fingerprint density at radius 3 is 1.96 bits per heavy atom. The summed E-state index contributed by atoms with van der Waals surface area (Å²) in [7, 11) is 0. The summed E-state index contributed by atoms with van der Waals surface area (Å²) in [5.74, 6) is -6.92. The van der Waals surface area contributed by atoms with E-state index >= 15 is 0 Å². The first kappa shape index (κ1) is 37.2. The van der Waals surface area contributed by atoms with Gasteiger partial charge in [0.1, 0.15) is 29.9 Å². The quantitative estimate of drug-likeness (QED) is 0.0854. The number of carbonyl (C=O) groups is 6. The van der Waals surface area contributed by atoms with E-state index in [-0.39, 0.29) is 18.6 Å². The lowest BCUT2D eigenvalue weighted by molar-refractivity contribution is -0.143. The maximum Gasteiger partial charge on any atom is 0.326 e.